The Hall–Kier alpha value is -1.31. The quantitative estimate of drug-likeness (QED) is 0.375. The van der Waals surface area contributed by atoms with Crippen molar-refractivity contribution >= 4 is 35.9 Å². The maximum atomic E-state index is 11.4. The Morgan fingerprint density at radius 1 is 1.59 bits per heavy atom. The number of esters is 1. The van der Waals surface area contributed by atoms with Crippen LogP contribution in [-0.4, -0.2) is 18.8 Å². The summed E-state index contributed by atoms with van der Waals surface area (Å²) in [5.41, 5.74) is 6.78. The van der Waals surface area contributed by atoms with E-state index in [1.54, 1.807) is 0 Å². The van der Waals surface area contributed by atoms with Gasteiger partial charge in [0.15, 0.2) is 0 Å². The van der Waals surface area contributed by atoms with E-state index in [9.17, 15) is 4.79 Å². The van der Waals surface area contributed by atoms with E-state index in [2.05, 4.69) is 29.2 Å². The van der Waals surface area contributed by atoms with Crippen molar-refractivity contribution in [3.05, 3.63) is 28.3 Å². The molecule has 17 heavy (non-hydrogen) atoms. The smallest absolute Gasteiger partial charge is 0.340 e. The molecule has 0 aliphatic carbocycles. The Morgan fingerprint density at radius 3 is 2.88 bits per heavy atom. The van der Waals surface area contributed by atoms with E-state index in [-0.39, 0.29) is 11.3 Å². The predicted octanol–water partition coefficient (Wildman–Crippen LogP) is 2.38. The van der Waals surface area contributed by atoms with Crippen LogP contribution in [0.2, 0.25) is 5.02 Å². The van der Waals surface area contributed by atoms with Crippen molar-refractivity contribution in [1.82, 2.24) is 0 Å². The molecule has 0 fully saturated rings. The molecule has 0 amide bonds. The van der Waals surface area contributed by atoms with Crippen LogP contribution in [0.1, 0.15) is 22.3 Å². The third-order valence-corrected chi connectivity index (χ3v) is 2.54. The van der Waals surface area contributed by atoms with E-state index in [0.29, 0.717) is 22.8 Å². The normalized spacial score (nSPS) is 9.35. The van der Waals surface area contributed by atoms with E-state index in [0.717, 1.165) is 0 Å². The average molecular weight is 270 g/mol. The van der Waals surface area contributed by atoms with Gasteiger partial charge in [-0.2, -0.15) is 12.6 Å². The first-order chi connectivity index (χ1) is 8.10. The van der Waals surface area contributed by atoms with Crippen molar-refractivity contribution in [2.75, 3.05) is 18.6 Å². The number of nitrogen functional groups attached to an aromatic ring is 1. The molecule has 1 aromatic carbocycles. The van der Waals surface area contributed by atoms with Gasteiger partial charge in [-0.1, -0.05) is 23.4 Å². The van der Waals surface area contributed by atoms with Crippen LogP contribution in [0, 0.1) is 11.8 Å². The average Bonchev–Trinajstić information content (AvgIpc) is 2.31. The fourth-order valence-corrected chi connectivity index (χ4v) is 1.52. The zero-order valence-electron chi connectivity index (χ0n) is 9.29. The van der Waals surface area contributed by atoms with Crippen molar-refractivity contribution in [2.45, 2.75) is 6.42 Å². The molecule has 90 valence electrons. The molecule has 2 N–H and O–H groups in total. The molecule has 1 rings (SSSR count). The summed E-state index contributed by atoms with van der Waals surface area (Å²) in [5, 5.41) is 0.418. The number of hydrogen-bond donors (Lipinski definition) is 2. The predicted molar refractivity (Wildman–Crippen MR) is 72.6 cm³/mol. The molecule has 0 heterocycles. The lowest BCUT2D eigenvalue weighted by molar-refractivity contribution is 0.0602. The van der Waals surface area contributed by atoms with Gasteiger partial charge in [0.1, 0.15) is 0 Å². The summed E-state index contributed by atoms with van der Waals surface area (Å²) < 4.78 is 4.62. The third-order valence-electron chi connectivity index (χ3n) is 2.00. The van der Waals surface area contributed by atoms with Gasteiger partial charge in [-0.15, -0.1) is 0 Å². The Balaban J connectivity index is 3.16. The lowest BCUT2D eigenvalue weighted by Gasteiger charge is -2.05. The number of carbonyl (C=O) groups is 1. The first-order valence-corrected chi connectivity index (χ1v) is 5.88. The fraction of sp³-hybridized carbons (Fsp3) is 0.250. The molecule has 0 saturated carbocycles. The molecule has 0 unspecified atom stereocenters. The van der Waals surface area contributed by atoms with Crippen molar-refractivity contribution in [1.29, 1.82) is 0 Å². The standard InChI is InChI=1S/C12H12ClNO2S/c1-16-12(15)9-6-8(4-2-3-5-17)10(13)7-11(9)14/h6-7,17H,3,5,14H2,1H3. The van der Waals surface area contributed by atoms with E-state index in [1.165, 1.54) is 19.2 Å². The van der Waals surface area contributed by atoms with Gasteiger partial charge < -0.3 is 10.5 Å². The molecule has 5 heteroatoms. The highest BCUT2D eigenvalue weighted by atomic mass is 35.5. The summed E-state index contributed by atoms with van der Waals surface area (Å²) >= 11 is 10.0. The highest BCUT2D eigenvalue weighted by molar-refractivity contribution is 7.80. The lowest BCUT2D eigenvalue weighted by atomic mass is 10.1. The van der Waals surface area contributed by atoms with Crippen LogP contribution in [0.4, 0.5) is 5.69 Å². The molecular weight excluding hydrogens is 258 g/mol. The summed E-state index contributed by atoms with van der Waals surface area (Å²) in [4.78, 5) is 11.4. The molecule has 0 atom stereocenters. The van der Waals surface area contributed by atoms with Crippen molar-refractivity contribution in [2.24, 2.45) is 0 Å². The number of halogens is 1. The minimum atomic E-state index is -0.503. The molecule has 0 bridgehead atoms. The summed E-state index contributed by atoms with van der Waals surface area (Å²) in [6.45, 7) is 0. The first-order valence-electron chi connectivity index (χ1n) is 4.87. The minimum absolute atomic E-state index is 0.270. The van der Waals surface area contributed by atoms with E-state index in [4.69, 9.17) is 17.3 Å². The molecule has 0 aromatic heterocycles. The monoisotopic (exact) mass is 269 g/mol. The van der Waals surface area contributed by atoms with Crippen LogP contribution in [0.3, 0.4) is 0 Å². The van der Waals surface area contributed by atoms with Crippen molar-refractivity contribution < 1.29 is 9.53 Å². The molecule has 0 radical (unpaired) electrons. The van der Waals surface area contributed by atoms with Crippen LogP contribution in [0.15, 0.2) is 12.1 Å². The van der Waals surface area contributed by atoms with Gasteiger partial charge in [-0.05, 0) is 12.1 Å². The summed E-state index contributed by atoms with van der Waals surface area (Å²) in [5.74, 6) is 5.93. The molecule has 0 spiro atoms. The zero-order chi connectivity index (χ0) is 12.8. The van der Waals surface area contributed by atoms with Gasteiger partial charge in [0.2, 0.25) is 0 Å². The van der Waals surface area contributed by atoms with Gasteiger partial charge in [0.25, 0.3) is 0 Å². The van der Waals surface area contributed by atoms with E-state index < -0.39 is 5.97 Å². The number of thiol groups is 1. The Kier molecular flexibility index (Phi) is 5.20. The Bertz CT molecular complexity index is 491. The molecule has 0 aliphatic rings. The molecule has 1 aromatic rings. The highest BCUT2D eigenvalue weighted by Gasteiger charge is 2.12. The number of nitrogens with two attached hydrogens (primary N) is 1. The maximum Gasteiger partial charge on any atom is 0.340 e. The SMILES string of the molecule is COC(=O)c1cc(C#CCCS)c(Cl)cc1N. The summed E-state index contributed by atoms with van der Waals surface area (Å²) in [6.07, 6.45) is 0.650. The van der Waals surface area contributed by atoms with Crippen LogP contribution in [0.5, 0.6) is 0 Å². The highest BCUT2D eigenvalue weighted by Crippen LogP contribution is 2.23. The molecule has 0 saturated heterocycles. The molecular formula is C12H12ClNO2S. The second kappa shape index (κ2) is 6.43. The fourth-order valence-electron chi connectivity index (χ4n) is 1.18. The first kappa shape index (κ1) is 13.8. The van der Waals surface area contributed by atoms with Crippen LogP contribution >= 0.6 is 24.2 Å². The van der Waals surface area contributed by atoms with Crippen LogP contribution in [-0.2, 0) is 4.74 Å². The summed E-state index contributed by atoms with van der Waals surface area (Å²) in [7, 11) is 1.29. The van der Waals surface area contributed by atoms with Crippen LogP contribution < -0.4 is 5.73 Å². The number of anilines is 1. The number of benzene rings is 1. The Morgan fingerprint density at radius 2 is 2.29 bits per heavy atom. The molecule has 0 aliphatic heterocycles. The van der Waals surface area contributed by atoms with Crippen LogP contribution in [0.25, 0.3) is 0 Å². The second-order valence-corrected chi connectivity index (χ2v) is 4.04. The number of ether oxygens (including phenoxy) is 1. The number of rotatable bonds is 2. The van der Waals surface area contributed by atoms with Gasteiger partial charge in [-0.3, -0.25) is 0 Å². The zero-order valence-corrected chi connectivity index (χ0v) is 10.9. The maximum absolute atomic E-state index is 11.4. The summed E-state index contributed by atoms with van der Waals surface area (Å²) in [6, 6.07) is 3.04. The van der Waals surface area contributed by atoms with Gasteiger partial charge in [0.05, 0.1) is 17.7 Å². The lowest BCUT2D eigenvalue weighted by Crippen LogP contribution is -2.06. The van der Waals surface area contributed by atoms with E-state index >= 15 is 0 Å². The van der Waals surface area contributed by atoms with Gasteiger partial charge in [-0.25, -0.2) is 4.79 Å². The number of carbonyl (C=O) groups excluding carboxylic acids is 1. The number of methoxy groups -OCH3 is 1. The second-order valence-electron chi connectivity index (χ2n) is 3.19. The third kappa shape index (κ3) is 3.58. The van der Waals surface area contributed by atoms with Crippen molar-refractivity contribution in [3.8, 4) is 11.8 Å². The van der Waals surface area contributed by atoms with Crippen molar-refractivity contribution in [3.63, 3.8) is 0 Å². The Labute approximate surface area is 111 Å². The topological polar surface area (TPSA) is 52.3 Å². The van der Waals surface area contributed by atoms with Gasteiger partial charge >= 0.3 is 5.97 Å². The minimum Gasteiger partial charge on any atom is -0.465 e. The molecule has 3 nitrogen and oxygen atoms in total. The van der Waals surface area contributed by atoms with Gasteiger partial charge in [0, 0.05) is 23.4 Å². The van der Waals surface area contributed by atoms with E-state index in [1.807, 2.05) is 0 Å². The largest absolute Gasteiger partial charge is 0.465 e. The number of hydrogen-bond acceptors (Lipinski definition) is 4.